The Bertz CT molecular complexity index is 884. The number of H-pyrrole nitrogens is 1. The molecule has 0 unspecified atom stereocenters. The van der Waals surface area contributed by atoms with E-state index in [-0.39, 0.29) is 17.0 Å². The Hall–Kier alpha value is -2.67. The van der Waals surface area contributed by atoms with E-state index < -0.39 is 0 Å². The fraction of sp³-hybridized carbons (Fsp3) is 0.211. The first-order valence-electron chi connectivity index (χ1n) is 8.17. The maximum atomic E-state index is 13.3. The van der Waals surface area contributed by atoms with Crippen LogP contribution < -0.4 is 0 Å². The van der Waals surface area contributed by atoms with Crippen LogP contribution in [0.3, 0.4) is 0 Å². The number of hydrogen-bond donors (Lipinski definition) is 1. The third kappa shape index (κ3) is 4.49. The van der Waals surface area contributed by atoms with E-state index in [2.05, 4.69) is 15.2 Å². The molecule has 0 aliphatic rings. The Labute approximate surface area is 155 Å². The lowest BCUT2D eigenvalue weighted by molar-refractivity contribution is -0.129. The quantitative estimate of drug-likeness (QED) is 0.671. The van der Waals surface area contributed by atoms with Gasteiger partial charge in [-0.3, -0.25) is 9.89 Å². The highest BCUT2D eigenvalue weighted by Gasteiger charge is 2.21. The maximum absolute atomic E-state index is 13.3. The summed E-state index contributed by atoms with van der Waals surface area (Å²) < 4.78 is 13.3. The van der Waals surface area contributed by atoms with Crippen molar-refractivity contribution in [3.05, 3.63) is 66.0 Å². The second-order valence-electron chi connectivity index (χ2n) is 5.92. The molecule has 0 aliphatic carbocycles. The molecule has 0 fully saturated rings. The summed E-state index contributed by atoms with van der Waals surface area (Å²) in [5.41, 5.74) is 1.69. The van der Waals surface area contributed by atoms with E-state index in [0.29, 0.717) is 17.5 Å². The van der Waals surface area contributed by atoms with Crippen molar-refractivity contribution < 1.29 is 9.18 Å². The van der Waals surface area contributed by atoms with Crippen LogP contribution in [0.5, 0.6) is 0 Å². The van der Waals surface area contributed by atoms with Crippen molar-refractivity contribution in [2.24, 2.45) is 0 Å². The van der Waals surface area contributed by atoms with Gasteiger partial charge in [0.2, 0.25) is 11.1 Å². The number of aromatic amines is 1. The molecule has 1 atom stereocenters. The van der Waals surface area contributed by atoms with Crippen LogP contribution >= 0.6 is 11.8 Å². The molecule has 3 aromatic rings. The molecule has 0 aliphatic heterocycles. The molecule has 0 spiro atoms. The van der Waals surface area contributed by atoms with Crippen molar-refractivity contribution in [3.8, 4) is 11.4 Å². The van der Waals surface area contributed by atoms with Crippen molar-refractivity contribution in [2.45, 2.75) is 23.9 Å². The monoisotopic (exact) mass is 370 g/mol. The van der Waals surface area contributed by atoms with Gasteiger partial charge in [-0.15, -0.1) is 5.10 Å². The molecular formula is C19H19FN4OS. The van der Waals surface area contributed by atoms with Gasteiger partial charge in [0.25, 0.3) is 0 Å². The Morgan fingerprint density at radius 1 is 1.23 bits per heavy atom. The van der Waals surface area contributed by atoms with E-state index in [4.69, 9.17) is 0 Å². The summed E-state index contributed by atoms with van der Waals surface area (Å²) in [5.74, 6) is 0.297. The summed E-state index contributed by atoms with van der Waals surface area (Å²) in [6, 6.07) is 15.9. The van der Waals surface area contributed by atoms with Crippen LogP contribution in [-0.4, -0.2) is 38.3 Å². The molecule has 1 heterocycles. The van der Waals surface area contributed by atoms with Crippen molar-refractivity contribution in [1.82, 2.24) is 20.1 Å². The van der Waals surface area contributed by atoms with Gasteiger partial charge in [0, 0.05) is 19.2 Å². The molecule has 0 bridgehead atoms. The number of nitrogens with zero attached hydrogens (tertiary/aromatic N) is 3. The topological polar surface area (TPSA) is 61.9 Å². The van der Waals surface area contributed by atoms with Gasteiger partial charge < -0.3 is 4.90 Å². The minimum atomic E-state index is -0.354. The summed E-state index contributed by atoms with van der Waals surface area (Å²) in [7, 11) is 1.71. The smallest absolute Gasteiger partial charge is 0.235 e. The first kappa shape index (κ1) is 18.1. The molecule has 1 N–H and O–H groups in total. The van der Waals surface area contributed by atoms with E-state index in [1.165, 1.54) is 23.9 Å². The lowest BCUT2D eigenvalue weighted by Crippen LogP contribution is -2.32. The van der Waals surface area contributed by atoms with Crippen LogP contribution in [0.2, 0.25) is 0 Å². The summed E-state index contributed by atoms with van der Waals surface area (Å²) >= 11 is 1.29. The Balaban J connectivity index is 1.61. The fourth-order valence-corrected chi connectivity index (χ4v) is 3.37. The lowest BCUT2D eigenvalue weighted by Gasteiger charge is -2.20. The Morgan fingerprint density at radius 2 is 2.00 bits per heavy atom. The number of benzene rings is 2. The van der Waals surface area contributed by atoms with E-state index in [1.807, 2.05) is 37.3 Å². The minimum Gasteiger partial charge on any atom is -0.340 e. The zero-order valence-corrected chi connectivity index (χ0v) is 15.3. The SMILES string of the molecule is C[C@@H](Sc1n[nH]c(-c2ccccc2)n1)C(=O)N(C)Cc1cccc(F)c1. The van der Waals surface area contributed by atoms with Crippen molar-refractivity contribution in [1.29, 1.82) is 0 Å². The molecule has 2 aromatic carbocycles. The van der Waals surface area contributed by atoms with Crippen LogP contribution in [0.1, 0.15) is 12.5 Å². The third-order valence-corrected chi connectivity index (χ3v) is 4.78. The molecule has 134 valence electrons. The Kier molecular flexibility index (Phi) is 5.68. The van der Waals surface area contributed by atoms with E-state index in [9.17, 15) is 9.18 Å². The molecule has 7 heteroatoms. The summed E-state index contributed by atoms with van der Waals surface area (Å²) in [6.45, 7) is 2.17. The van der Waals surface area contributed by atoms with Crippen LogP contribution in [0.4, 0.5) is 4.39 Å². The van der Waals surface area contributed by atoms with Gasteiger partial charge in [-0.2, -0.15) is 0 Å². The first-order valence-corrected chi connectivity index (χ1v) is 9.05. The number of rotatable bonds is 6. The summed E-state index contributed by atoms with van der Waals surface area (Å²) in [6.07, 6.45) is 0. The van der Waals surface area contributed by atoms with Crippen molar-refractivity contribution >= 4 is 17.7 Å². The maximum Gasteiger partial charge on any atom is 0.235 e. The van der Waals surface area contributed by atoms with Gasteiger partial charge in [-0.1, -0.05) is 54.2 Å². The van der Waals surface area contributed by atoms with Gasteiger partial charge in [0.1, 0.15) is 5.82 Å². The highest BCUT2D eigenvalue weighted by Crippen LogP contribution is 2.24. The number of aromatic nitrogens is 3. The number of carbonyl (C=O) groups excluding carboxylic acids is 1. The van der Waals surface area contributed by atoms with Crippen molar-refractivity contribution in [3.63, 3.8) is 0 Å². The highest BCUT2D eigenvalue weighted by atomic mass is 32.2. The second-order valence-corrected chi connectivity index (χ2v) is 7.22. The Morgan fingerprint density at radius 3 is 2.73 bits per heavy atom. The first-order chi connectivity index (χ1) is 12.5. The molecule has 1 aromatic heterocycles. The van der Waals surface area contributed by atoms with Crippen LogP contribution in [0.25, 0.3) is 11.4 Å². The minimum absolute atomic E-state index is 0.0645. The zero-order chi connectivity index (χ0) is 18.5. The lowest BCUT2D eigenvalue weighted by atomic mass is 10.2. The fourth-order valence-electron chi connectivity index (χ4n) is 2.53. The second kappa shape index (κ2) is 8.14. The zero-order valence-electron chi connectivity index (χ0n) is 14.5. The number of amides is 1. The molecule has 0 saturated heterocycles. The van der Waals surface area contributed by atoms with Gasteiger partial charge in [-0.05, 0) is 24.6 Å². The van der Waals surface area contributed by atoms with Gasteiger partial charge in [0.15, 0.2) is 5.82 Å². The molecule has 0 radical (unpaired) electrons. The summed E-state index contributed by atoms with van der Waals surface area (Å²) in [4.78, 5) is 18.6. The molecular weight excluding hydrogens is 351 g/mol. The standard InChI is InChI=1S/C19H19FN4OS/c1-13(18(25)24(2)12-14-7-6-10-16(20)11-14)26-19-21-17(22-23-19)15-8-4-3-5-9-15/h3-11,13H,12H2,1-2H3,(H,21,22,23)/t13-/m1/s1. The van der Waals surface area contributed by atoms with Crippen molar-refractivity contribution in [2.75, 3.05) is 7.05 Å². The number of halogens is 1. The summed E-state index contributed by atoms with van der Waals surface area (Å²) in [5, 5.41) is 7.23. The predicted octanol–water partition coefficient (Wildman–Crippen LogP) is 3.75. The molecule has 0 saturated carbocycles. The van der Waals surface area contributed by atoms with Gasteiger partial charge in [0.05, 0.1) is 5.25 Å². The number of carbonyl (C=O) groups is 1. The number of hydrogen-bond acceptors (Lipinski definition) is 4. The van der Waals surface area contributed by atoms with Gasteiger partial charge >= 0.3 is 0 Å². The van der Waals surface area contributed by atoms with E-state index in [1.54, 1.807) is 24.1 Å². The molecule has 26 heavy (non-hydrogen) atoms. The average Bonchev–Trinajstić information content (AvgIpc) is 3.10. The molecule has 3 rings (SSSR count). The molecule has 1 amide bonds. The van der Waals surface area contributed by atoms with Gasteiger partial charge in [-0.25, -0.2) is 9.37 Å². The normalized spacial score (nSPS) is 12.0. The molecule has 5 nitrogen and oxygen atoms in total. The number of thioether (sulfide) groups is 1. The van der Waals surface area contributed by atoms with Crippen LogP contribution in [-0.2, 0) is 11.3 Å². The number of nitrogens with one attached hydrogen (secondary N) is 1. The third-order valence-electron chi connectivity index (χ3n) is 3.83. The highest BCUT2D eigenvalue weighted by molar-refractivity contribution is 8.00. The average molecular weight is 370 g/mol. The van der Waals surface area contributed by atoms with Crippen LogP contribution in [0.15, 0.2) is 59.8 Å². The largest absolute Gasteiger partial charge is 0.340 e. The van der Waals surface area contributed by atoms with E-state index in [0.717, 1.165) is 11.1 Å². The van der Waals surface area contributed by atoms with Crippen LogP contribution in [0, 0.1) is 5.82 Å². The van der Waals surface area contributed by atoms with E-state index >= 15 is 0 Å². The predicted molar refractivity (Wildman–Crippen MR) is 100 cm³/mol.